The summed E-state index contributed by atoms with van der Waals surface area (Å²) in [6.45, 7) is 1.42. The molecule has 21 heavy (non-hydrogen) atoms. The van der Waals surface area contributed by atoms with E-state index in [0.29, 0.717) is 11.4 Å². The number of benzene rings is 1. The maximum absolute atomic E-state index is 11.2. The third kappa shape index (κ3) is 3.69. The van der Waals surface area contributed by atoms with E-state index in [9.17, 15) is 9.59 Å². The minimum atomic E-state index is -1.12. The van der Waals surface area contributed by atoms with Crippen LogP contribution in [0.2, 0.25) is 0 Å². The smallest absolute Gasteiger partial charge is 0.339 e. The second kappa shape index (κ2) is 5.91. The molecule has 0 unspecified atom stereocenters. The number of carboxylic acids is 1. The maximum atomic E-state index is 11.2. The van der Waals surface area contributed by atoms with E-state index in [0.717, 1.165) is 0 Å². The van der Waals surface area contributed by atoms with Crippen LogP contribution in [0.5, 0.6) is 0 Å². The van der Waals surface area contributed by atoms with Crippen molar-refractivity contribution in [2.45, 2.75) is 6.92 Å². The van der Waals surface area contributed by atoms with Gasteiger partial charge in [0, 0.05) is 18.3 Å². The van der Waals surface area contributed by atoms with Gasteiger partial charge in [0.15, 0.2) is 0 Å². The summed E-state index contributed by atoms with van der Waals surface area (Å²) >= 11 is 0. The molecule has 2 aromatic rings. The number of nitrogens with two attached hydrogens (primary N) is 1. The second-order valence-electron chi connectivity index (χ2n) is 4.35. The van der Waals surface area contributed by atoms with Crippen LogP contribution in [0.4, 0.5) is 22.9 Å². The molecule has 0 fully saturated rings. The molecule has 2 rings (SSSR count). The minimum Gasteiger partial charge on any atom is -0.478 e. The largest absolute Gasteiger partial charge is 0.478 e. The lowest BCUT2D eigenvalue weighted by atomic mass is 10.2. The summed E-state index contributed by atoms with van der Waals surface area (Å²) in [5, 5.41) is 14.7. The molecule has 0 spiro atoms. The Labute approximate surface area is 120 Å². The van der Waals surface area contributed by atoms with E-state index in [1.54, 1.807) is 24.3 Å². The fourth-order valence-electron chi connectivity index (χ4n) is 1.72. The first-order valence-corrected chi connectivity index (χ1v) is 6.09. The standard InChI is InChI=1S/C14H14N4O3/c1-8(19)17-10-2-4-11(5-3-10)18-13-12(14(20)21)6-9(15)7-16-13/h2-7H,15H2,1H3,(H,16,18)(H,17,19)(H,20,21). The Morgan fingerprint density at radius 2 is 1.81 bits per heavy atom. The molecular weight excluding hydrogens is 272 g/mol. The number of amides is 1. The summed E-state index contributed by atoms with van der Waals surface area (Å²) in [5.41, 5.74) is 7.09. The molecule has 1 amide bonds. The zero-order valence-electron chi connectivity index (χ0n) is 11.3. The van der Waals surface area contributed by atoms with Gasteiger partial charge in [-0.2, -0.15) is 0 Å². The van der Waals surface area contributed by atoms with Gasteiger partial charge in [-0.1, -0.05) is 0 Å². The topological polar surface area (TPSA) is 117 Å². The first-order valence-electron chi connectivity index (χ1n) is 6.09. The van der Waals surface area contributed by atoms with E-state index in [4.69, 9.17) is 10.8 Å². The summed E-state index contributed by atoms with van der Waals surface area (Å²) in [5.74, 6) is -1.08. The molecule has 0 radical (unpaired) electrons. The third-order valence-electron chi connectivity index (χ3n) is 2.61. The molecule has 7 nitrogen and oxygen atoms in total. The SMILES string of the molecule is CC(=O)Nc1ccc(Nc2ncc(N)cc2C(=O)O)cc1. The molecule has 0 saturated heterocycles. The first kappa shape index (κ1) is 14.3. The van der Waals surface area contributed by atoms with E-state index in [1.165, 1.54) is 19.2 Å². The number of nitrogen functional groups attached to an aromatic ring is 1. The lowest BCUT2D eigenvalue weighted by molar-refractivity contribution is -0.114. The van der Waals surface area contributed by atoms with Crippen LogP contribution in [0.1, 0.15) is 17.3 Å². The number of hydrogen-bond donors (Lipinski definition) is 4. The summed E-state index contributed by atoms with van der Waals surface area (Å²) in [4.78, 5) is 26.1. The van der Waals surface area contributed by atoms with Crippen LogP contribution in [0, 0.1) is 0 Å². The summed E-state index contributed by atoms with van der Waals surface area (Å²) in [6.07, 6.45) is 1.38. The number of nitrogens with zero attached hydrogens (tertiary/aromatic N) is 1. The highest BCUT2D eigenvalue weighted by molar-refractivity contribution is 5.95. The number of rotatable bonds is 4. The van der Waals surface area contributed by atoms with E-state index in [-0.39, 0.29) is 23.0 Å². The van der Waals surface area contributed by atoms with Crippen molar-refractivity contribution in [1.29, 1.82) is 0 Å². The first-order chi connectivity index (χ1) is 9.95. The molecule has 108 valence electrons. The normalized spacial score (nSPS) is 9.95. The minimum absolute atomic E-state index is 0.0130. The van der Waals surface area contributed by atoms with E-state index >= 15 is 0 Å². The van der Waals surface area contributed by atoms with E-state index < -0.39 is 5.97 Å². The predicted molar refractivity (Wildman–Crippen MR) is 79.6 cm³/mol. The molecule has 0 saturated carbocycles. The van der Waals surface area contributed by atoms with Crippen LogP contribution in [0.3, 0.4) is 0 Å². The molecule has 0 aliphatic carbocycles. The van der Waals surface area contributed by atoms with Gasteiger partial charge in [-0.3, -0.25) is 4.79 Å². The predicted octanol–water partition coefficient (Wildman–Crippen LogP) is 2.06. The molecular formula is C14H14N4O3. The molecule has 0 aliphatic heterocycles. The van der Waals surface area contributed by atoms with Crippen LogP contribution in [0.15, 0.2) is 36.5 Å². The van der Waals surface area contributed by atoms with Gasteiger partial charge in [-0.25, -0.2) is 9.78 Å². The Balaban J connectivity index is 2.22. The quantitative estimate of drug-likeness (QED) is 0.683. The van der Waals surface area contributed by atoms with Crippen LogP contribution in [-0.2, 0) is 4.79 Å². The van der Waals surface area contributed by atoms with Crippen molar-refractivity contribution in [3.05, 3.63) is 42.1 Å². The van der Waals surface area contributed by atoms with Crippen molar-refractivity contribution in [1.82, 2.24) is 4.98 Å². The van der Waals surface area contributed by atoms with Gasteiger partial charge in [0.25, 0.3) is 0 Å². The van der Waals surface area contributed by atoms with Gasteiger partial charge in [-0.15, -0.1) is 0 Å². The maximum Gasteiger partial charge on any atom is 0.339 e. The number of anilines is 4. The van der Waals surface area contributed by atoms with Crippen molar-refractivity contribution in [2.75, 3.05) is 16.4 Å². The van der Waals surface area contributed by atoms with Crippen molar-refractivity contribution in [3.8, 4) is 0 Å². The average Bonchev–Trinajstić information content (AvgIpc) is 2.42. The van der Waals surface area contributed by atoms with Crippen LogP contribution in [-0.4, -0.2) is 22.0 Å². The summed E-state index contributed by atoms with van der Waals surface area (Å²) in [6, 6.07) is 8.14. The average molecular weight is 286 g/mol. The van der Waals surface area contributed by atoms with Gasteiger partial charge in [0.1, 0.15) is 11.4 Å². The molecule has 0 atom stereocenters. The van der Waals surface area contributed by atoms with Gasteiger partial charge < -0.3 is 21.5 Å². The highest BCUT2D eigenvalue weighted by atomic mass is 16.4. The third-order valence-corrected chi connectivity index (χ3v) is 2.61. The summed E-state index contributed by atoms with van der Waals surface area (Å²) in [7, 11) is 0. The zero-order chi connectivity index (χ0) is 15.4. The number of hydrogen-bond acceptors (Lipinski definition) is 5. The van der Waals surface area contributed by atoms with Crippen LogP contribution >= 0.6 is 0 Å². The molecule has 0 aliphatic rings. The Kier molecular flexibility index (Phi) is 4.03. The van der Waals surface area contributed by atoms with Crippen molar-refractivity contribution in [3.63, 3.8) is 0 Å². The highest BCUT2D eigenvalue weighted by Gasteiger charge is 2.12. The van der Waals surface area contributed by atoms with Gasteiger partial charge in [-0.05, 0) is 30.3 Å². The van der Waals surface area contributed by atoms with Gasteiger partial charge in [0.2, 0.25) is 5.91 Å². The van der Waals surface area contributed by atoms with Gasteiger partial charge in [0.05, 0.1) is 11.9 Å². The Morgan fingerprint density at radius 3 is 2.38 bits per heavy atom. The van der Waals surface area contributed by atoms with Crippen molar-refractivity contribution >= 4 is 34.8 Å². The van der Waals surface area contributed by atoms with Crippen molar-refractivity contribution in [2.24, 2.45) is 0 Å². The Morgan fingerprint density at radius 1 is 1.19 bits per heavy atom. The number of carboxylic acid groups (broad SMARTS) is 1. The molecule has 0 bridgehead atoms. The zero-order valence-corrected chi connectivity index (χ0v) is 11.3. The number of carbonyl (C=O) groups is 2. The Hall–Kier alpha value is -3.09. The number of aromatic nitrogens is 1. The molecule has 1 aromatic carbocycles. The lowest BCUT2D eigenvalue weighted by Gasteiger charge is -2.10. The van der Waals surface area contributed by atoms with Crippen molar-refractivity contribution < 1.29 is 14.7 Å². The number of nitrogens with one attached hydrogen (secondary N) is 2. The monoisotopic (exact) mass is 286 g/mol. The van der Waals surface area contributed by atoms with Crippen LogP contribution < -0.4 is 16.4 Å². The fourth-order valence-corrected chi connectivity index (χ4v) is 1.72. The van der Waals surface area contributed by atoms with Gasteiger partial charge >= 0.3 is 5.97 Å². The lowest BCUT2D eigenvalue weighted by Crippen LogP contribution is -2.07. The van der Waals surface area contributed by atoms with E-state index in [2.05, 4.69) is 15.6 Å². The fraction of sp³-hybridized carbons (Fsp3) is 0.0714. The number of carbonyl (C=O) groups excluding carboxylic acids is 1. The van der Waals surface area contributed by atoms with E-state index in [1.807, 2.05) is 0 Å². The number of aromatic carboxylic acids is 1. The van der Waals surface area contributed by atoms with Crippen LogP contribution in [0.25, 0.3) is 0 Å². The second-order valence-corrected chi connectivity index (χ2v) is 4.35. The highest BCUT2D eigenvalue weighted by Crippen LogP contribution is 2.22. The molecule has 5 N–H and O–H groups in total. The molecule has 1 aromatic heterocycles. The molecule has 1 heterocycles. The molecule has 7 heteroatoms. The summed E-state index contributed by atoms with van der Waals surface area (Å²) < 4.78 is 0. The number of pyridine rings is 1. The Bertz CT molecular complexity index is 683.